The van der Waals surface area contributed by atoms with Crippen molar-refractivity contribution in [3.8, 4) is 0 Å². The van der Waals surface area contributed by atoms with Gasteiger partial charge < -0.3 is 33.8 Å². The van der Waals surface area contributed by atoms with E-state index >= 15 is 0 Å². The Bertz CT molecular complexity index is 1820. The van der Waals surface area contributed by atoms with Gasteiger partial charge in [-0.05, 0) is 43.4 Å². The van der Waals surface area contributed by atoms with Crippen molar-refractivity contribution in [3.63, 3.8) is 0 Å². The standard InChI is InChI=1S/C74H144O17P2/c1-8-9-10-11-12-13-14-15-16-17-18-19-20-28-35-43-50-57-73(78)90-69(61-84-71(76)55-48-41-34-27-23-21-25-31-38-45-52-65(2)3)63-88-92(80,81)86-59-68(75)60-87-93(82,83)89-64-70(62-85-72(77)56-49-42-37-30-33-40-47-54-67(6)7)91-74(79)58-51-44-36-29-24-22-26-32-39-46-53-66(4)5/h65-70,75H,8-64H2,1-7H3,(H,80,81)(H,82,83)/t68-,69-,70-/m1/s1. The highest BCUT2D eigenvalue weighted by Crippen LogP contribution is 2.45. The number of ether oxygens (including phenoxy) is 4. The second-order valence-electron chi connectivity index (χ2n) is 28.1. The molecule has 0 aromatic heterocycles. The zero-order valence-electron chi connectivity index (χ0n) is 60.7. The van der Waals surface area contributed by atoms with Crippen LogP contribution in [0.5, 0.6) is 0 Å². The topological polar surface area (TPSA) is 237 Å². The van der Waals surface area contributed by atoms with E-state index < -0.39 is 97.5 Å². The van der Waals surface area contributed by atoms with Gasteiger partial charge in [0, 0.05) is 25.7 Å². The van der Waals surface area contributed by atoms with Crippen molar-refractivity contribution in [1.82, 2.24) is 0 Å². The van der Waals surface area contributed by atoms with Gasteiger partial charge in [0.25, 0.3) is 0 Å². The van der Waals surface area contributed by atoms with Crippen LogP contribution in [0.4, 0.5) is 0 Å². The molecule has 0 aliphatic carbocycles. The molecule has 0 spiro atoms. The van der Waals surface area contributed by atoms with Crippen LogP contribution in [0.1, 0.15) is 376 Å². The first-order valence-corrected chi connectivity index (χ1v) is 41.3. The summed E-state index contributed by atoms with van der Waals surface area (Å²) >= 11 is 0. The molecule has 0 aliphatic heterocycles. The van der Waals surface area contributed by atoms with Gasteiger partial charge in [0.1, 0.15) is 19.3 Å². The first-order valence-electron chi connectivity index (χ1n) is 38.3. The quantitative estimate of drug-likeness (QED) is 0.0222. The monoisotopic (exact) mass is 1370 g/mol. The molecule has 0 bridgehead atoms. The minimum Gasteiger partial charge on any atom is -0.462 e. The molecule has 0 fully saturated rings. The normalized spacial score (nSPS) is 14.1. The molecule has 0 aliphatic rings. The molecule has 0 radical (unpaired) electrons. The first kappa shape index (κ1) is 91.1. The lowest BCUT2D eigenvalue weighted by atomic mass is 10.0. The highest BCUT2D eigenvalue weighted by Gasteiger charge is 2.30. The molecule has 552 valence electrons. The number of hydrogen-bond acceptors (Lipinski definition) is 15. The van der Waals surface area contributed by atoms with Crippen LogP contribution in [0.25, 0.3) is 0 Å². The van der Waals surface area contributed by atoms with E-state index in [9.17, 15) is 43.2 Å². The number of carbonyl (C=O) groups is 4. The van der Waals surface area contributed by atoms with Crippen LogP contribution < -0.4 is 0 Å². The minimum atomic E-state index is -4.96. The summed E-state index contributed by atoms with van der Waals surface area (Å²) in [6.45, 7) is 11.8. The predicted octanol–water partition coefficient (Wildman–Crippen LogP) is 21.4. The van der Waals surface area contributed by atoms with Crippen LogP contribution in [0.15, 0.2) is 0 Å². The fraction of sp³-hybridized carbons (Fsp3) is 0.946. The van der Waals surface area contributed by atoms with E-state index in [1.807, 2.05) is 0 Å². The number of esters is 4. The number of carbonyl (C=O) groups excluding carboxylic acids is 4. The average molecular weight is 1370 g/mol. The Morgan fingerprint density at radius 2 is 0.495 bits per heavy atom. The van der Waals surface area contributed by atoms with E-state index in [1.165, 1.54) is 180 Å². The van der Waals surface area contributed by atoms with Crippen molar-refractivity contribution in [2.45, 2.75) is 394 Å². The largest absolute Gasteiger partial charge is 0.472 e. The van der Waals surface area contributed by atoms with Gasteiger partial charge in [-0.1, -0.05) is 325 Å². The van der Waals surface area contributed by atoms with Gasteiger partial charge in [0.2, 0.25) is 0 Å². The summed E-state index contributed by atoms with van der Waals surface area (Å²) in [5.74, 6) is 0.0944. The third-order valence-corrected chi connectivity index (χ3v) is 19.0. The van der Waals surface area contributed by atoms with Gasteiger partial charge in [0.15, 0.2) is 12.2 Å². The predicted molar refractivity (Wildman–Crippen MR) is 377 cm³/mol. The van der Waals surface area contributed by atoms with E-state index in [0.717, 1.165) is 108 Å². The Labute approximate surface area is 568 Å². The molecular weight excluding hydrogens is 1220 g/mol. The Balaban J connectivity index is 5.25. The van der Waals surface area contributed by atoms with Crippen LogP contribution in [-0.2, 0) is 65.4 Å². The number of aliphatic hydroxyl groups is 1. The van der Waals surface area contributed by atoms with E-state index in [4.69, 9.17) is 37.0 Å². The molecule has 0 amide bonds. The third-order valence-electron chi connectivity index (χ3n) is 17.1. The van der Waals surface area contributed by atoms with Crippen molar-refractivity contribution in [2.75, 3.05) is 39.6 Å². The number of phosphoric acid groups is 2. The van der Waals surface area contributed by atoms with E-state index in [0.29, 0.717) is 31.6 Å². The summed E-state index contributed by atoms with van der Waals surface area (Å²) in [5, 5.41) is 10.6. The van der Waals surface area contributed by atoms with Crippen molar-refractivity contribution in [2.24, 2.45) is 17.8 Å². The average Bonchev–Trinajstić information content (AvgIpc) is 1.39. The highest BCUT2D eigenvalue weighted by atomic mass is 31.2. The second kappa shape index (κ2) is 64.7. The molecule has 17 nitrogen and oxygen atoms in total. The highest BCUT2D eigenvalue weighted by molar-refractivity contribution is 7.47. The van der Waals surface area contributed by atoms with E-state index in [2.05, 4.69) is 48.5 Å². The molecule has 5 atom stereocenters. The number of rotatable bonds is 72. The molecule has 0 heterocycles. The van der Waals surface area contributed by atoms with Crippen LogP contribution >= 0.6 is 15.6 Å². The lowest BCUT2D eigenvalue weighted by molar-refractivity contribution is -0.161. The zero-order valence-corrected chi connectivity index (χ0v) is 62.5. The lowest BCUT2D eigenvalue weighted by Gasteiger charge is -2.21. The molecule has 0 saturated carbocycles. The van der Waals surface area contributed by atoms with Crippen LogP contribution in [-0.4, -0.2) is 96.7 Å². The van der Waals surface area contributed by atoms with Gasteiger partial charge in [0.05, 0.1) is 26.4 Å². The number of unbranched alkanes of at least 4 members (excludes halogenated alkanes) is 40. The molecule has 0 rings (SSSR count). The first-order chi connectivity index (χ1) is 44.7. The maximum Gasteiger partial charge on any atom is 0.472 e. The molecule has 93 heavy (non-hydrogen) atoms. The summed E-state index contributed by atoms with van der Waals surface area (Å²) < 4.78 is 68.4. The fourth-order valence-corrected chi connectivity index (χ4v) is 12.8. The minimum absolute atomic E-state index is 0.105. The summed E-state index contributed by atoms with van der Waals surface area (Å²) in [5.41, 5.74) is 0. The summed E-state index contributed by atoms with van der Waals surface area (Å²) in [6, 6.07) is 0. The summed E-state index contributed by atoms with van der Waals surface area (Å²) in [7, 11) is -9.91. The van der Waals surface area contributed by atoms with Crippen molar-refractivity contribution < 1.29 is 80.2 Å². The summed E-state index contributed by atoms with van der Waals surface area (Å²) in [4.78, 5) is 72.7. The van der Waals surface area contributed by atoms with Crippen LogP contribution in [0.3, 0.4) is 0 Å². The maximum atomic E-state index is 13.1. The van der Waals surface area contributed by atoms with Crippen molar-refractivity contribution >= 4 is 39.5 Å². The molecule has 0 aromatic carbocycles. The number of hydrogen-bond donors (Lipinski definition) is 3. The van der Waals surface area contributed by atoms with E-state index in [-0.39, 0.29) is 25.7 Å². The van der Waals surface area contributed by atoms with E-state index in [1.54, 1.807) is 0 Å². The van der Waals surface area contributed by atoms with Crippen molar-refractivity contribution in [3.05, 3.63) is 0 Å². The summed E-state index contributed by atoms with van der Waals surface area (Å²) in [6.07, 6.45) is 50.0. The lowest BCUT2D eigenvalue weighted by Crippen LogP contribution is -2.30. The molecule has 19 heteroatoms. The van der Waals surface area contributed by atoms with Crippen LogP contribution in [0.2, 0.25) is 0 Å². The Kier molecular flexibility index (Phi) is 63.4. The molecule has 0 saturated heterocycles. The third kappa shape index (κ3) is 68.4. The van der Waals surface area contributed by atoms with Gasteiger partial charge in [-0.15, -0.1) is 0 Å². The van der Waals surface area contributed by atoms with Gasteiger partial charge in [-0.2, -0.15) is 0 Å². The Hall–Kier alpha value is -1.94. The SMILES string of the molecule is CCCCCCCCCCCCCCCCCCCC(=O)O[C@H](COC(=O)CCCCCCCCCCCCC(C)C)COP(=O)(O)OC[C@@H](O)COP(=O)(O)OC[C@@H](COC(=O)CCCCCCCCCC(C)C)OC(=O)CCCCCCCCCCCCC(C)C. The Morgan fingerprint density at radius 3 is 0.731 bits per heavy atom. The maximum absolute atomic E-state index is 13.1. The van der Waals surface area contributed by atoms with Gasteiger partial charge >= 0.3 is 39.5 Å². The molecule has 0 aromatic rings. The smallest absolute Gasteiger partial charge is 0.462 e. The second-order valence-corrected chi connectivity index (χ2v) is 31.0. The van der Waals surface area contributed by atoms with Crippen LogP contribution in [0, 0.1) is 17.8 Å². The fourth-order valence-electron chi connectivity index (χ4n) is 11.2. The molecule has 3 N–H and O–H groups in total. The number of phosphoric ester groups is 2. The molecule has 2 unspecified atom stereocenters. The molecular formula is C74H144O17P2. The zero-order chi connectivity index (χ0) is 68.7. The number of aliphatic hydroxyl groups excluding tert-OH is 1. The van der Waals surface area contributed by atoms with Gasteiger partial charge in [-0.3, -0.25) is 37.3 Å². The van der Waals surface area contributed by atoms with Crippen molar-refractivity contribution in [1.29, 1.82) is 0 Å². The Morgan fingerprint density at radius 1 is 0.290 bits per heavy atom. The van der Waals surface area contributed by atoms with Gasteiger partial charge in [-0.25, -0.2) is 9.13 Å².